The zero-order chi connectivity index (χ0) is 29.9. The van der Waals surface area contributed by atoms with Gasteiger partial charge in [-0.15, -0.1) is 0 Å². The summed E-state index contributed by atoms with van der Waals surface area (Å²) in [4.78, 5) is 30.2. The van der Waals surface area contributed by atoms with Crippen molar-refractivity contribution < 1.29 is 14.0 Å². The largest absolute Gasteiger partial charge is 0.382 e. The molecule has 6 heteroatoms. The third-order valence-electron chi connectivity index (χ3n) is 8.92. The van der Waals surface area contributed by atoms with E-state index in [-0.39, 0.29) is 11.5 Å². The van der Waals surface area contributed by atoms with Gasteiger partial charge in [0.15, 0.2) is 0 Å². The zero-order valence-electron chi connectivity index (χ0n) is 24.8. The van der Waals surface area contributed by atoms with Crippen molar-refractivity contribution in [1.29, 1.82) is 0 Å². The molecule has 1 aliphatic carbocycles. The van der Waals surface area contributed by atoms with Gasteiger partial charge in [0.2, 0.25) is 5.91 Å². The van der Waals surface area contributed by atoms with E-state index in [1.54, 1.807) is 24.0 Å². The van der Waals surface area contributed by atoms with Crippen LogP contribution in [0.4, 0.5) is 21.5 Å². The molecule has 4 aromatic rings. The maximum Gasteiger partial charge on any atom is 0.262 e. The highest BCUT2D eigenvalue weighted by Crippen LogP contribution is 2.44. The first kappa shape index (κ1) is 28.7. The fourth-order valence-corrected chi connectivity index (χ4v) is 6.66. The van der Waals surface area contributed by atoms with Crippen molar-refractivity contribution in [2.24, 2.45) is 5.92 Å². The molecule has 220 valence electrons. The lowest BCUT2D eigenvalue weighted by Gasteiger charge is -2.42. The van der Waals surface area contributed by atoms with Crippen molar-refractivity contribution in [3.8, 4) is 0 Å². The number of amides is 2. The number of halogens is 1. The van der Waals surface area contributed by atoms with E-state index in [0.717, 1.165) is 47.3 Å². The SMILES string of the molecule is CCc1cccc(NC(=O)[C@H]2Cc3ccccc3N(C(=O)c3c(C)cccc3F)C2c2ccc(NC3CCCC3)cc2)c1. The Labute approximate surface area is 253 Å². The van der Waals surface area contributed by atoms with Crippen molar-refractivity contribution >= 4 is 28.9 Å². The van der Waals surface area contributed by atoms with Crippen LogP contribution in [-0.4, -0.2) is 17.9 Å². The Morgan fingerprint density at radius 1 is 0.884 bits per heavy atom. The van der Waals surface area contributed by atoms with Gasteiger partial charge in [-0.1, -0.05) is 74.4 Å². The number of aryl methyl sites for hydroxylation is 2. The fourth-order valence-electron chi connectivity index (χ4n) is 6.66. The Hall–Kier alpha value is -4.45. The van der Waals surface area contributed by atoms with E-state index in [2.05, 4.69) is 17.6 Å². The van der Waals surface area contributed by atoms with E-state index in [9.17, 15) is 9.59 Å². The Morgan fingerprint density at radius 3 is 2.37 bits per heavy atom. The Bertz CT molecular complexity index is 1610. The number of para-hydroxylation sites is 1. The maximum absolute atomic E-state index is 15.3. The predicted octanol–water partition coefficient (Wildman–Crippen LogP) is 8.25. The minimum Gasteiger partial charge on any atom is -0.382 e. The molecule has 1 heterocycles. The summed E-state index contributed by atoms with van der Waals surface area (Å²) in [7, 11) is 0. The van der Waals surface area contributed by atoms with Crippen LogP contribution >= 0.6 is 0 Å². The lowest BCUT2D eigenvalue weighted by atomic mass is 9.80. The Kier molecular flexibility index (Phi) is 8.28. The number of fused-ring (bicyclic) bond motifs is 1. The third-order valence-corrected chi connectivity index (χ3v) is 8.92. The topological polar surface area (TPSA) is 61.4 Å². The van der Waals surface area contributed by atoms with E-state index < -0.39 is 23.7 Å². The highest BCUT2D eigenvalue weighted by molar-refractivity contribution is 6.09. The average molecular weight is 576 g/mol. The first-order chi connectivity index (χ1) is 20.9. The highest BCUT2D eigenvalue weighted by Gasteiger charge is 2.43. The molecule has 43 heavy (non-hydrogen) atoms. The molecule has 0 spiro atoms. The number of nitrogens with zero attached hydrogens (tertiary/aromatic N) is 1. The van der Waals surface area contributed by atoms with Gasteiger partial charge in [0.1, 0.15) is 5.82 Å². The molecule has 2 amide bonds. The molecule has 0 radical (unpaired) electrons. The van der Waals surface area contributed by atoms with Crippen molar-refractivity contribution in [3.05, 3.63) is 125 Å². The van der Waals surface area contributed by atoms with Crippen LogP contribution < -0.4 is 15.5 Å². The fraction of sp³-hybridized carbons (Fsp3) is 0.297. The van der Waals surface area contributed by atoms with Crippen LogP contribution in [0.15, 0.2) is 91.0 Å². The molecule has 1 unspecified atom stereocenters. The third kappa shape index (κ3) is 5.92. The number of hydrogen-bond acceptors (Lipinski definition) is 3. The van der Waals surface area contributed by atoms with Gasteiger partial charge >= 0.3 is 0 Å². The first-order valence-electron chi connectivity index (χ1n) is 15.4. The van der Waals surface area contributed by atoms with Gasteiger partial charge in [-0.3, -0.25) is 14.5 Å². The number of nitrogens with one attached hydrogen (secondary N) is 2. The first-order valence-corrected chi connectivity index (χ1v) is 15.4. The summed E-state index contributed by atoms with van der Waals surface area (Å²) in [5.74, 6) is -1.80. The molecular weight excluding hydrogens is 537 g/mol. The molecular formula is C37H38FN3O2. The summed E-state index contributed by atoms with van der Waals surface area (Å²) in [6.45, 7) is 3.82. The van der Waals surface area contributed by atoms with E-state index in [1.807, 2.05) is 72.8 Å². The molecule has 2 N–H and O–H groups in total. The molecule has 6 rings (SSSR count). The number of carbonyl (C=O) groups is 2. The van der Waals surface area contributed by atoms with Gasteiger partial charge in [0.05, 0.1) is 17.5 Å². The van der Waals surface area contributed by atoms with Crippen LogP contribution in [0.5, 0.6) is 0 Å². The van der Waals surface area contributed by atoms with Crippen molar-refractivity contribution in [1.82, 2.24) is 0 Å². The molecule has 5 nitrogen and oxygen atoms in total. The second-order valence-corrected chi connectivity index (χ2v) is 11.8. The minimum absolute atomic E-state index is 0.0264. The molecule has 0 saturated heterocycles. The van der Waals surface area contributed by atoms with Crippen LogP contribution in [0.2, 0.25) is 0 Å². The lowest BCUT2D eigenvalue weighted by Crippen LogP contribution is -2.47. The Balaban J connectivity index is 1.44. The maximum atomic E-state index is 15.3. The number of benzene rings is 4. The molecule has 0 bridgehead atoms. The smallest absolute Gasteiger partial charge is 0.262 e. The summed E-state index contributed by atoms with van der Waals surface area (Å²) in [5.41, 5.74) is 5.86. The number of anilines is 3. The second-order valence-electron chi connectivity index (χ2n) is 11.8. The Morgan fingerprint density at radius 2 is 1.63 bits per heavy atom. The van der Waals surface area contributed by atoms with Crippen molar-refractivity contribution in [2.45, 2.75) is 64.5 Å². The van der Waals surface area contributed by atoms with Crippen LogP contribution in [0.1, 0.15) is 71.3 Å². The monoisotopic (exact) mass is 575 g/mol. The number of carbonyl (C=O) groups excluding carboxylic acids is 2. The van der Waals surface area contributed by atoms with E-state index in [4.69, 9.17) is 0 Å². The predicted molar refractivity (Wildman–Crippen MR) is 171 cm³/mol. The summed E-state index contributed by atoms with van der Waals surface area (Å²) in [6, 6.07) is 28.1. The molecule has 1 aliphatic heterocycles. The summed E-state index contributed by atoms with van der Waals surface area (Å²) in [5, 5.41) is 6.76. The minimum atomic E-state index is -0.642. The normalized spacial score (nSPS) is 18.3. The molecule has 2 atom stereocenters. The summed E-state index contributed by atoms with van der Waals surface area (Å²) in [6.07, 6.45) is 6.10. The van der Waals surface area contributed by atoms with E-state index in [0.29, 0.717) is 23.7 Å². The van der Waals surface area contributed by atoms with Crippen molar-refractivity contribution in [3.63, 3.8) is 0 Å². The van der Waals surface area contributed by atoms with Gasteiger partial charge in [0, 0.05) is 23.1 Å². The second kappa shape index (κ2) is 12.4. The standard InChI is InChI=1S/C37H38FN3O2/c1-3-25-11-9-15-30(22-25)40-36(42)31-23-27-12-4-7-17-33(27)41(37(43)34-24(2)10-8-16-32(34)38)35(31)26-18-20-29(21-19-26)39-28-13-5-6-14-28/h4,7-12,15-22,28,31,35,39H,3,5-6,13-14,23H2,1-2H3,(H,40,42)/t31-,35?/m0/s1. The molecule has 2 aliphatic rings. The highest BCUT2D eigenvalue weighted by atomic mass is 19.1. The van der Waals surface area contributed by atoms with Crippen LogP contribution in [0.3, 0.4) is 0 Å². The summed E-state index contributed by atoms with van der Waals surface area (Å²) >= 11 is 0. The molecule has 0 aromatic heterocycles. The van der Waals surface area contributed by atoms with Gasteiger partial charge < -0.3 is 10.6 Å². The number of rotatable bonds is 7. The van der Waals surface area contributed by atoms with Gasteiger partial charge in [-0.05, 0) is 91.3 Å². The van der Waals surface area contributed by atoms with Gasteiger partial charge in [-0.25, -0.2) is 4.39 Å². The average Bonchev–Trinajstić information content (AvgIpc) is 3.53. The lowest BCUT2D eigenvalue weighted by molar-refractivity contribution is -0.120. The van der Waals surface area contributed by atoms with Crippen LogP contribution in [-0.2, 0) is 17.6 Å². The van der Waals surface area contributed by atoms with E-state index >= 15 is 4.39 Å². The number of hydrogen-bond donors (Lipinski definition) is 2. The van der Waals surface area contributed by atoms with Gasteiger partial charge in [0.25, 0.3) is 5.91 Å². The summed E-state index contributed by atoms with van der Waals surface area (Å²) < 4.78 is 15.3. The molecule has 1 saturated carbocycles. The zero-order valence-corrected chi connectivity index (χ0v) is 24.8. The van der Waals surface area contributed by atoms with Gasteiger partial charge in [-0.2, -0.15) is 0 Å². The molecule has 1 fully saturated rings. The quantitative estimate of drug-likeness (QED) is 0.233. The van der Waals surface area contributed by atoms with Crippen LogP contribution in [0.25, 0.3) is 0 Å². The van der Waals surface area contributed by atoms with E-state index in [1.165, 1.54) is 18.9 Å². The van der Waals surface area contributed by atoms with Crippen molar-refractivity contribution in [2.75, 3.05) is 15.5 Å². The molecule has 4 aromatic carbocycles. The van der Waals surface area contributed by atoms with Crippen LogP contribution in [0, 0.1) is 18.7 Å².